The van der Waals surface area contributed by atoms with Crippen molar-refractivity contribution in [2.45, 2.75) is 32.9 Å². The van der Waals surface area contributed by atoms with E-state index in [-0.39, 0.29) is 12.1 Å². The van der Waals surface area contributed by atoms with Crippen LogP contribution in [0.5, 0.6) is 0 Å². The summed E-state index contributed by atoms with van der Waals surface area (Å²) in [6.45, 7) is 5.36. The minimum absolute atomic E-state index is 0.211. The van der Waals surface area contributed by atoms with Gasteiger partial charge in [-0.15, -0.1) is 0 Å². The maximum atomic E-state index is 12.4. The van der Waals surface area contributed by atoms with Crippen molar-refractivity contribution in [1.29, 1.82) is 0 Å². The molecule has 1 aliphatic rings. The Kier molecular flexibility index (Phi) is 4.31. The lowest BCUT2D eigenvalue weighted by Crippen LogP contribution is -2.46. The molecule has 0 aromatic heterocycles. The monoisotopic (exact) mass is 288 g/mol. The molecule has 0 bridgehead atoms. The molecule has 112 valence electrons. The Bertz CT molecular complexity index is 578. The van der Waals surface area contributed by atoms with Gasteiger partial charge in [-0.25, -0.2) is 9.59 Å². The van der Waals surface area contributed by atoms with E-state index in [1.807, 2.05) is 30.3 Å². The van der Waals surface area contributed by atoms with Crippen LogP contribution >= 0.6 is 0 Å². The smallest absolute Gasteiger partial charge is 0.338 e. The molecule has 0 saturated heterocycles. The number of hydrogen-bond donors (Lipinski definition) is 1. The van der Waals surface area contributed by atoms with Crippen LogP contribution in [-0.2, 0) is 9.53 Å². The summed E-state index contributed by atoms with van der Waals surface area (Å²) in [4.78, 5) is 25.8. The van der Waals surface area contributed by atoms with Crippen LogP contribution in [0, 0.1) is 0 Å². The fraction of sp³-hybridized carbons (Fsp3) is 0.375. The third kappa shape index (κ3) is 3.07. The SMILES string of the molecule is CC1=C(C(=O)OC(C)C)[C@H](c2ccccc2)NC(=O)N1C. The molecule has 5 heteroatoms. The largest absolute Gasteiger partial charge is 0.459 e. The first kappa shape index (κ1) is 15.1. The Balaban J connectivity index is 2.46. The first-order valence-electron chi connectivity index (χ1n) is 6.92. The van der Waals surface area contributed by atoms with Gasteiger partial charge in [0.2, 0.25) is 0 Å². The number of allylic oxidation sites excluding steroid dienone is 1. The van der Waals surface area contributed by atoms with Crippen LogP contribution in [0.3, 0.4) is 0 Å². The number of nitrogens with one attached hydrogen (secondary N) is 1. The number of amides is 2. The second-order valence-corrected chi connectivity index (χ2v) is 5.31. The molecule has 0 spiro atoms. The van der Waals surface area contributed by atoms with Crippen LogP contribution in [0.2, 0.25) is 0 Å². The third-order valence-electron chi connectivity index (χ3n) is 3.45. The molecule has 0 aliphatic carbocycles. The van der Waals surface area contributed by atoms with Gasteiger partial charge >= 0.3 is 12.0 Å². The summed E-state index contributed by atoms with van der Waals surface area (Å²) in [5.74, 6) is -0.400. The number of benzene rings is 1. The van der Waals surface area contributed by atoms with Crippen molar-refractivity contribution in [3.05, 3.63) is 47.2 Å². The van der Waals surface area contributed by atoms with Crippen LogP contribution in [0.1, 0.15) is 32.4 Å². The molecule has 1 heterocycles. The fourth-order valence-corrected chi connectivity index (χ4v) is 2.27. The zero-order valence-electron chi connectivity index (χ0n) is 12.7. The van der Waals surface area contributed by atoms with Gasteiger partial charge in [0, 0.05) is 12.7 Å². The van der Waals surface area contributed by atoms with Gasteiger partial charge in [0.15, 0.2) is 0 Å². The summed E-state index contributed by atoms with van der Waals surface area (Å²) >= 11 is 0. The van der Waals surface area contributed by atoms with Gasteiger partial charge < -0.3 is 15.0 Å². The highest BCUT2D eigenvalue weighted by Gasteiger charge is 2.35. The highest BCUT2D eigenvalue weighted by molar-refractivity contribution is 5.95. The van der Waals surface area contributed by atoms with E-state index >= 15 is 0 Å². The molecule has 1 aromatic rings. The van der Waals surface area contributed by atoms with Gasteiger partial charge in [-0.1, -0.05) is 30.3 Å². The molecule has 0 saturated carbocycles. The Hall–Kier alpha value is -2.30. The van der Waals surface area contributed by atoms with Crippen molar-refractivity contribution < 1.29 is 14.3 Å². The molecule has 0 fully saturated rings. The van der Waals surface area contributed by atoms with Gasteiger partial charge in [0.25, 0.3) is 0 Å². The summed E-state index contributed by atoms with van der Waals surface area (Å²) in [5, 5.41) is 2.85. The van der Waals surface area contributed by atoms with Gasteiger partial charge in [-0.2, -0.15) is 0 Å². The summed E-state index contributed by atoms with van der Waals surface area (Å²) < 4.78 is 5.32. The lowest BCUT2D eigenvalue weighted by molar-refractivity contribution is -0.143. The van der Waals surface area contributed by atoms with Gasteiger partial charge in [0.05, 0.1) is 17.7 Å². The minimum atomic E-state index is -0.485. The maximum Gasteiger partial charge on any atom is 0.338 e. The Morgan fingerprint density at radius 3 is 2.48 bits per heavy atom. The Morgan fingerprint density at radius 1 is 1.29 bits per heavy atom. The Morgan fingerprint density at radius 2 is 1.90 bits per heavy atom. The van der Waals surface area contributed by atoms with E-state index in [0.29, 0.717) is 11.3 Å². The number of ether oxygens (including phenoxy) is 1. The average Bonchev–Trinajstić information content (AvgIpc) is 2.44. The first-order chi connectivity index (χ1) is 9.91. The lowest BCUT2D eigenvalue weighted by atomic mass is 9.95. The minimum Gasteiger partial charge on any atom is -0.459 e. The number of nitrogens with zero attached hydrogens (tertiary/aromatic N) is 1. The number of rotatable bonds is 3. The zero-order valence-corrected chi connectivity index (χ0v) is 12.7. The van der Waals surface area contributed by atoms with E-state index < -0.39 is 12.0 Å². The molecule has 2 amide bonds. The predicted molar refractivity (Wildman–Crippen MR) is 79.4 cm³/mol. The van der Waals surface area contributed by atoms with Gasteiger partial charge in [-0.3, -0.25) is 0 Å². The molecule has 5 nitrogen and oxygen atoms in total. The quantitative estimate of drug-likeness (QED) is 0.870. The van der Waals surface area contributed by atoms with Crippen molar-refractivity contribution in [2.75, 3.05) is 7.05 Å². The molecule has 1 atom stereocenters. The molecular formula is C16H20N2O3. The Labute approximate surface area is 124 Å². The summed E-state index contributed by atoms with van der Waals surface area (Å²) in [6.07, 6.45) is -0.211. The van der Waals surface area contributed by atoms with Crippen molar-refractivity contribution in [1.82, 2.24) is 10.2 Å². The first-order valence-corrected chi connectivity index (χ1v) is 6.92. The fourth-order valence-electron chi connectivity index (χ4n) is 2.27. The summed E-state index contributed by atoms with van der Waals surface area (Å²) in [7, 11) is 1.63. The number of esters is 1. The van der Waals surface area contributed by atoms with Crippen LogP contribution in [0.4, 0.5) is 4.79 Å². The summed E-state index contributed by atoms with van der Waals surface area (Å²) in [6, 6.07) is 8.69. The predicted octanol–water partition coefficient (Wildman–Crippen LogP) is 2.61. The topological polar surface area (TPSA) is 58.6 Å². The van der Waals surface area contributed by atoms with Crippen molar-refractivity contribution in [2.24, 2.45) is 0 Å². The van der Waals surface area contributed by atoms with Crippen molar-refractivity contribution in [3.63, 3.8) is 0 Å². The molecule has 1 aliphatic heterocycles. The van der Waals surface area contributed by atoms with Crippen LogP contribution in [-0.4, -0.2) is 30.1 Å². The van der Waals surface area contributed by atoms with Gasteiger partial charge in [-0.05, 0) is 26.3 Å². The molecular weight excluding hydrogens is 268 g/mol. The van der Waals surface area contributed by atoms with Crippen LogP contribution in [0.15, 0.2) is 41.6 Å². The highest BCUT2D eigenvalue weighted by atomic mass is 16.5. The molecule has 1 aromatic carbocycles. The number of carbonyl (C=O) groups excluding carboxylic acids is 2. The summed E-state index contributed by atoms with van der Waals surface area (Å²) in [5.41, 5.74) is 1.93. The number of carbonyl (C=O) groups is 2. The van der Waals surface area contributed by atoms with Crippen LogP contribution in [0.25, 0.3) is 0 Å². The van der Waals surface area contributed by atoms with E-state index in [2.05, 4.69) is 5.32 Å². The number of hydrogen-bond acceptors (Lipinski definition) is 3. The normalized spacial score (nSPS) is 18.8. The maximum absolute atomic E-state index is 12.4. The number of urea groups is 1. The second-order valence-electron chi connectivity index (χ2n) is 5.31. The molecule has 1 N–H and O–H groups in total. The zero-order chi connectivity index (χ0) is 15.6. The van der Waals surface area contributed by atoms with E-state index in [4.69, 9.17) is 4.74 Å². The molecule has 0 unspecified atom stereocenters. The van der Waals surface area contributed by atoms with E-state index in [1.54, 1.807) is 27.8 Å². The van der Waals surface area contributed by atoms with E-state index in [1.165, 1.54) is 4.90 Å². The van der Waals surface area contributed by atoms with Crippen molar-refractivity contribution >= 4 is 12.0 Å². The van der Waals surface area contributed by atoms with E-state index in [9.17, 15) is 9.59 Å². The van der Waals surface area contributed by atoms with Crippen molar-refractivity contribution in [3.8, 4) is 0 Å². The third-order valence-corrected chi connectivity index (χ3v) is 3.45. The second kappa shape index (κ2) is 5.99. The molecule has 2 rings (SSSR count). The highest BCUT2D eigenvalue weighted by Crippen LogP contribution is 2.30. The standard InChI is InChI=1S/C16H20N2O3/c1-10(2)21-15(19)13-11(3)18(4)16(20)17-14(13)12-8-6-5-7-9-12/h5-10,14H,1-4H3,(H,17,20)/t14-/m0/s1. The van der Waals surface area contributed by atoms with Gasteiger partial charge in [0.1, 0.15) is 0 Å². The van der Waals surface area contributed by atoms with E-state index in [0.717, 1.165) is 5.56 Å². The lowest BCUT2D eigenvalue weighted by Gasteiger charge is -2.33. The molecule has 21 heavy (non-hydrogen) atoms. The average molecular weight is 288 g/mol. The van der Waals surface area contributed by atoms with Crippen LogP contribution < -0.4 is 5.32 Å². The molecule has 0 radical (unpaired) electrons.